The van der Waals surface area contributed by atoms with Gasteiger partial charge in [-0.2, -0.15) is 0 Å². The van der Waals surface area contributed by atoms with E-state index in [4.69, 9.17) is 21.1 Å². The van der Waals surface area contributed by atoms with Gasteiger partial charge in [-0.1, -0.05) is 0 Å². The third-order valence-electron chi connectivity index (χ3n) is 2.39. The fourth-order valence-corrected chi connectivity index (χ4v) is 1.74. The van der Waals surface area contributed by atoms with Gasteiger partial charge >= 0.3 is 0 Å². The van der Waals surface area contributed by atoms with Gasteiger partial charge in [0.15, 0.2) is 17.3 Å². The zero-order chi connectivity index (χ0) is 11.4. The minimum Gasteiger partial charge on any atom is -0.490 e. The van der Waals surface area contributed by atoms with E-state index in [0.29, 0.717) is 42.6 Å². The number of ketones is 1. The van der Waals surface area contributed by atoms with E-state index in [1.54, 1.807) is 18.2 Å². The Morgan fingerprint density at radius 1 is 1.25 bits per heavy atom. The molecule has 0 aromatic heterocycles. The number of rotatable bonds is 3. The molecule has 0 atom stereocenters. The molecule has 2 rings (SSSR count). The molecule has 0 aliphatic carbocycles. The lowest BCUT2D eigenvalue weighted by Gasteiger charge is -2.08. The van der Waals surface area contributed by atoms with Crippen molar-refractivity contribution < 1.29 is 14.3 Å². The lowest BCUT2D eigenvalue weighted by atomic mass is 10.1. The van der Waals surface area contributed by atoms with Gasteiger partial charge in [-0.3, -0.25) is 4.79 Å². The molecule has 86 valence electrons. The van der Waals surface area contributed by atoms with E-state index in [0.717, 1.165) is 6.42 Å². The first-order valence-electron chi connectivity index (χ1n) is 5.30. The van der Waals surface area contributed by atoms with Crippen molar-refractivity contribution >= 4 is 17.4 Å². The molecule has 0 N–H and O–H groups in total. The summed E-state index contributed by atoms with van der Waals surface area (Å²) in [6.07, 6.45) is 1.21. The van der Waals surface area contributed by atoms with Crippen LogP contribution in [0.5, 0.6) is 11.5 Å². The number of Topliss-reactive ketones (excluding diaryl/α,β-unsaturated/α-hetero) is 1. The highest BCUT2D eigenvalue weighted by atomic mass is 35.5. The summed E-state index contributed by atoms with van der Waals surface area (Å²) in [5, 5.41) is 0. The molecule has 0 amide bonds. The number of fused-ring (bicyclic) bond motifs is 1. The maximum atomic E-state index is 11.6. The molecule has 0 radical (unpaired) electrons. The quantitative estimate of drug-likeness (QED) is 0.602. The molecular formula is C12H13ClO3. The number of hydrogen-bond acceptors (Lipinski definition) is 3. The normalized spacial score (nSPS) is 14.3. The zero-order valence-corrected chi connectivity index (χ0v) is 9.63. The summed E-state index contributed by atoms with van der Waals surface area (Å²) >= 11 is 5.54. The zero-order valence-electron chi connectivity index (χ0n) is 8.87. The second-order valence-corrected chi connectivity index (χ2v) is 3.95. The van der Waals surface area contributed by atoms with Gasteiger partial charge < -0.3 is 9.47 Å². The summed E-state index contributed by atoms with van der Waals surface area (Å²) in [6, 6.07) is 5.26. The molecule has 0 spiro atoms. The van der Waals surface area contributed by atoms with E-state index in [1.807, 2.05) is 0 Å². The first kappa shape index (κ1) is 11.3. The molecule has 0 fully saturated rings. The van der Waals surface area contributed by atoms with Crippen LogP contribution in [-0.4, -0.2) is 24.9 Å². The molecule has 4 heteroatoms. The molecule has 0 bridgehead atoms. The van der Waals surface area contributed by atoms with Crippen LogP contribution in [0.4, 0.5) is 0 Å². The van der Waals surface area contributed by atoms with Gasteiger partial charge in [-0.15, -0.1) is 11.6 Å². The Labute approximate surface area is 99.3 Å². The Morgan fingerprint density at radius 2 is 2.00 bits per heavy atom. The Hall–Kier alpha value is -1.22. The highest BCUT2D eigenvalue weighted by molar-refractivity contribution is 6.19. The van der Waals surface area contributed by atoms with E-state index < -0.39 is 0 Å². The molecule has 0 saturated heterocycles. The van der Waals surface area contributed by atoms with Crippen molar-refractivity contribution in [1.29, 1.82) is 0 Å². The molecule has 1 aromatic rings. The Balaban J connectivity index is 2.23. The van der Waals surface area contributed by atoms with E-state index >= 15 is 0 Å². The van der Waals surface area contributed by atoms with Crippen LogP contribution in [-0.2, 0) is 0 Å². The number of carbonyl (C=O) groups excluding carboxylic acids is 1. The van der Waals surface area contributed by atoms with Crippen molar-refractivity contribution in [1.82, 2.24) is 0 Å². The Kier molecular flexibility index (Phi) is 3.67. The number of benzene rings is 1. The third-order valence-corrected chi connectivity index (χ3v) is 2.58. The number of alkyl halides is 1. The summed E-state index contributed by atoms with van der Waals surface area (Å²) in [5.74, 6) is 1.73. The predicted octanol–water partition coefficient (Wildman–Crippen LogP) is 2.66. The fraction of sp³-hybridized carbons (Fsp3) is 0.417. The average Bonchev–Trinajstić information content (AvgIpc) is 2.53. The monoisotopic (exact) mass is 240 g/mol. The van der Waals surface area contributed by atoms with Crippen LogP contribution in [0.15, 0.2) is 18.2 Å². The summed E-state index contributed by atoms with van der Waals surface area (Å²) in [5.41, 5.74) is 0.630. The van der Waals surface area contributed by atoms with E-state index in [-0.39, 0.29) is 5.78 Å². The smallest absolute Gasteiger partial charge is 0.164 e. The van der Waals surface area contributed by atoms with Crippen molar-refractivity contribution in [3.05, 3.63) is 23.8 Å². The van der Waals surface area contributed by atoms with Crippen LogP contribution >= 0.6 is 11.6 Å². The highest BCUT2D eigenvalue weighted by Crippen LogP contribution is 2.30. The molecule has 1 aliphatic heterocycles. The minimum absolute atomic E-state index is 0.0330. The van der Waals surface area contributed by atoms with Crippen LogP contribution in [0.3, 0.4) is 0 Å². The summed E-state index contributed by atoms with van der Waals surface area (Å²) in [7, 11) is 0. The summed E-state index contributed by atoms with van der Waals surface area (Å²) in [4.78, 5) is 11.6. The third kappa shape index (κ3) is 2.47. The topological polar surface area (TPSA) is 35.5 Å². The molecule has 0 saturated carbocycles. The van der Waals surface area contributed by atoms with E-state index in [2.05, 4.69) is 0 Å². The number of ether oxygens (including phenoxy) is 2. The van der Waals surface area contributed by atoms with Crippen LogP contribution in [0.1, 0.15) is 23.2 Å². The van der Waals surface area contributed by atoms with Crippen molar-refractivity contribution in [2.24, 2.45) is 0 Å². The van der Waals surface area contributed by atoms with Crippen molar-refractivity contribution in [2.45, 2.75) is 12.8 Å². The van der Waals surface area contributed by atoms with Gasteiger partial charge in [0.25, 0.3) is 0 Å². The lowest BCUT2D eigenvalue weighted by Crippen LogP contribution is -2.01. The van der Waals surface area contributed by atoms with Gasteiger partial charge in [0.1, 0.15) is 0 Å². The second kappa shape index (κ2) is 5.21. The van der Waals surface area contributed by atoms with Crippen molar-refractivity contribution in [2.75, 3.05) is 19.1 Å². The second-order valence-electron chi connectivity index (χ2n) is 3.57. The molecule has 1 heterocycles. The molecule has 1 aliphatic rings. The molecule has 16 heavy (non-hydrogen) atoms. The number of halogens is 1. The average molecular weight is 241 g/mol. The van der Waals surface area contributed by atoms with E-state index in [9.17, 15) is 4.79 Å². The van der Waals surface area contributed by atoms with Gasteiger partial charge in [-0.25, -0.2) is 0 Å². The Bertz CT molecular complexity index is 390. The maximum absolute atomic E-state index is 11.6. The molecule has 0 unspecified atom stereocenters. The standard InChI is InChI=1S/C12H13ClO3/c13-5-4-10(14)9-2-3-11-12(8-9)16-7-1-6-15-11/h2-3,8H,1,4-7H2. The van der Waals surface area contributed by atoms with Gasteiger partial charge in [0.2, 0.25) is 0 Å². The minimum atomic E-state index is 0.0330. The number of hydrogen-bond donors (Lipinski definition) is 0. The summed E-state index contributed by atoms with van der Waals surface area (Å²) in [6.45, 7) is 1.28. The lowest BCUT2D eigenvalue weighted by molar-refractivity contribution is 0.0989. The largest absolute Gasteiger partial charge is 0.490 e. The molecular weight excluding hydrogens is 228 g/mol. The van der Waals surface area contributed by atoms with Crippen LogP contribution in [0, 0.1) is 0 Å². The molecule has 1 aromatic carbocycles. The predicted molar refractivity (Wildman–Crippen MR) is 61.7 cm³/mol. The first-order chi connectivity index (χ1) is 7.81. The number of carbonyl (C=O) groups is 1. The van der Waals surface area contributed by atoms with Gasteiger partial charge in [-0.05, 0) is 18.2 Å². The van der Waals surface area contributed by atoms with E-state index in [1.165, 1.54) is 0 Å². The highest BCUT2D eigenvalue weighted by Gasteiger charge is 2.13. The maximum Gasteiger partial charge on any atom is 0.164 e. The van der Waals surface area contributed by atoms with Crippen molar-refractivity contribution in [3.8, 4) is 11.5 Å². The fourth-order valence-electron chi connectivity index (χ4n) is 1.57. The molecule has 3 nitrogen and oxygen atoms in total. The summed E-state index contributed by atoms with van der Waals surface area (Å²) < 4.78 is 11.0. The first-order valence-corrected chi connectivity index (χ1v) is 5.83. The van der Waals surface area contributed by atoms with Crippen LogP contribution in [0.25, 0.3) is 0 Å². The SMILES string of the molecule is O=C(CCCl)c1ccc2c(c1)OCCCO2. The van der Waals surface area contributed by atoms with Crippen LogP contribution < -0.4 is 9.47 Å². The van der Waals surface area contributed by atoms with Crippen molar-refractivity contribution in [3.63, 3.8) is 0 Å². The van der Waals surface area contributed by atoms with Gasteiger partial charge in [0, 0.05) is 24.3 Å². The van der Waals surface area contributed by atoms with Gasteiger partial charge in [0.05, 0.1) is 13.2 Å². The Morgan fingerprint density at radius 3 is 2.75 bits per heavy atom. The van der Waals surface area contributed by atoms with Crippen LogP contribution in [0.2, 0.25) is 0 Å².